The van der Waals surface area contributed by atoms with Gasteiger partial charge in [-0.05, 0) is 12.1 Å². The summed E-state index contributed by atoms with van der Waals surface area (Å²) in [6.45, 7) is 1.92. The van der Waals surface area contributed by atoms with Crippen molar-refractivity contribution in [3.05, 3.63) is 28.3 Å². The van der Waals surface area contributed by atoms with Gasteiger partial charge in [0.25, 0.3) is 5.69 Å². The second kappa shape index (κ2) is 5.96. The summed E-state index contributed by atoms with van der Waals surface area (Å²) in [5.74, 6) is -0.0147. The number of hydrogen-bond donors (Lipinski definition) is 2. The van der Waals surface area contributed by atoms with E-state index in [0.29, 0.717) is 13.1 Å². The van der Waals surface area contributed by atoms with E-state index in [1.54, 1.807) is 31.1 Å². The number of nitro groups is 1. The average molecular weight is 293 g/mol. The summed E-state index contributed by atoms with van der Waals surface area (Å²) >= 11 is 0. The van der Waals surface area contributed by atoms with Gasteiger partial charge in [0.2, 0.25) is 5.91 Å². The van der Waals surface area contributed by atoms with Gasteiger partial charge in [-0.2, -0.15) is 0 Å². The summed E-state index contributed by atoms with van der Waals surface area (Å²) in [7, 11) is 3.42. The van der Waals surface area contributed by atoms with Gasteiger partial charge in [0.1, 0.15) is 11.7 Å². The van der Waals surface area contributed by atoms with E-state index in [9.17, 15) is 14.9 Å². The summed E-state index contributed by atoms with van der Waals surface area (Å²) in [6.07, 6.45) is 0. The molecule has 0 aromatic heterocycles. The Morgan fingerprint density at radius 2 is 2.24 bits per heavy atom. The minimum Gasteiger partial charge on any atom is -0.393 e. The fourth-order valence-corrected chi connectivity index (χ4v) is 2.42. The van der Waals surface area contributed by atoms with Crippen LogP contribution in [0.15, 0.2) is 18.2 Å². The molecule has 1 atom stereocenters. The first kappa shape index (κ1) is 15.0. The molecule has 1 heterocycles. The molecular weight excluding hydrogens is 274 g/mol. The van der Waals surface area contributed by atoms with E-state index in [0.717, 1.165) is 12.2 Å². The molecule has 0 saturated carbocycles. The fraction of sp³-hybridized carbons (Fsp3) is 0.462. The number of nitrogen functional groups attached to an aromatic ring is 1. The Hall–Kier alpha value is -2.35. The Labute approximate surface area is 122 Å². The predicted octanol–water partition coefficient (Wildman–Crippen LogP) is 0.0434. The molecule has 0 bridgehead atoms. The quantitative estimate of drug-likeness (QED) is 0.463. The molecule has 1 unspecified atom stereocenters. The van der Waals surface area contributed by atoms with Crippen LogP contribution in [-0.4, -0.2) is 55.5 Å². The van der Waals surface area contributed by atoms with Gasteiger partial charge in [-0.3, -0.25) is 14.9 Å². The minimum absolute atomic E-state index is 0.0147. The Morgan fingerprint density at radius 3 is 2.81 bits per heavy atom. The molecule has 3 N–H and O–H groups in total. The molecule has 0 radical (unpaired) electrons. The third-order valence-electron chi connectivity index (χ3n) is 3.51. The lowest BCUT2D eigenvalue weighted by Gasteiger charge is -2.38. The number of likely N-dealkylation sites (N-methyl/N-ethyl adjacent to an activating group) is 1. The van der Waals surface area contributed by atoms with Gasteiger partial charge in [-0.15, -0.1) is 0 Å². The second-order valence-corrected chi connectivity index (χ2v) is 5.15. The molecular formula is C13H19N5O3. The maximum absolute atomic E-state index is 12.2. The zero-order valence-electron chi connectivity index (χ0n) is 12.1. The van der Waals surface area contributed by atoms with Gasteiger partial charge in [0.15, 0.2) is 0 Å². The van der Waals surface area contributed by atoms with E-state index in [2.05, 4.69) is 5.32 Å². The maximum Gasteiger partial charge on any atom is 0.292 e. The van der Waals surface area contributed by atoms with Crippen LogP contribution in [0.3, 0.4) is 0 Å². The van der Waals surface area contributed by atoms with Crippen molar-refractivity contribution in [2.75, 3.05) is 44.4 Å². The molecule has 1 aromatic carbocycles. The van der Waals surface area contributed by atoms with Crippen LogP contribution < -0.4 is 16.0 Å². The Morgan fingerprint density at radius 1 is 1.52 bits per heavy atom. The number of rotatable bonds is 3. The van der Waals surface area contributed by atoms with E-state index in [-0.39, 0.29) is 23.3 Å². The first-order chi connectivity index (χ1) is 9.91. The number of nitrogens with zero attached hydrogens (tertiary/aromatic N) is 3. The van der Waals surface area contributed by atoms with Crippen molar-refractivity contribution in [2.24, 2.45) is 0 Å². The standard InChI is InChI=1S/C13H19N5O3/c1-16(2)13(19)12-8-15-5-6-17(12)9-3-4-11(18(20)21)10(14)7-9/h3-4,7,12,15H,5-6,8,14H2,1-2H3. The third kappa shape index (κ3) is 3.05. The minimum atomic E-state index is -0.515. The van der Waals surface area contributed by atoms with Gasteiger partial charge < -0.3 is 20.9 Å². The predicted molar refractivity (Wildman–Crippen MR) is 80.2 cm³/mol. The molecule has 1 fully saturated rings. The molecule has 8 heteroatoms. The van der Waals surface area contributed by atoms with Crippen LogP contribution in [0.1, 0.15) is 0 Å². The van der Waals surface area contributed by atoms with Crippen molar-refractivity contribution in [1.29, 1.82) is 0 Å². The summed E-state index contributed by atoms with van der Waals surface area (Å²) < 4.78 is 0. The topological polar surface area (TPSA) is 105 Å². The maximum atomic E-state index is 12.2. The molecule has 1 aliphatic rings. The fourth-order valence-electron chi connectivity index (χ4n) is 2.42. The average Bonchev–Trinajstić information content (AvgIpc) is 2.45. The van der Waals surface area contributed by atoms with Gasteiger partial charge in [0, 0.05) is 45.5 Å². The zero-order chi connectivity index (χ0) is 15.6. The Balaban J connectivity index is 2.31. The number of carbonyl (C=O) groups is 1. The van der Waals surface area contributed by atoms with Crippen molar-refractivity contribution in [3.8, 4) is 0 Å². The van der Waals surface area contributed by atoms with Crippen LogP contribution in [0.4, 0.5) is 17.1 Å². The molecule has 1 aliphatic heterocycles. The molecule has 1 amide bonds. The monoisotopic (exact) mass is 293 g/mol. The summed E-state index contributed by atoms with van der Waals surface area (Å²) in [4.78, 5) is 26.0. The lowest BCUT2D eigenvalue weighted by molar-refractivity contribution is -0.383. The highest BCUT2D eigenvalue weighted by molar-refractivity contribution is 5.86. The van der Waals surface area contributed by atoms with Crippen molar-refractivity contribution in [1.82, 2.24) is 10.2 Å². The Kier molecular flexibility index (Phi) is 4.27. The number of amides is 1. The van der Waals surface area contributed by atoms with E-state index in [1.165, 1.54) is 6.07 Å². The number of anilines is 2. The molecule has 1 saturated heterocycles. The number of nitro benzene ring substituents is 1. The van der Waals surface area contributed by atoms with Crippen molar-refractivity contribution < 1.29 is 9.72 Å². The van der Waals surface area contributed by atoms with Crippen LogP contribution in [-0.2, 0) is 4.79 Å². The highest BCUT2D eigenvalue weighted by Gasteiger charge is 2.30. The van der Waals surface area contributed by atoms with Crippen LogP contribution in [0.5, 0.6) is 0 Å². The summed E-state index contributed by atoms with van der Waals surface area (Å²) in [5.41, 5.74) is 6.44. The van der Waals surface area contributed by atoms with Gasteiger partial charge in [-0.1, -0.05) is 0 Å². The molecule has 2 rings (SSSR count). The number of carbonyl (C=O) groups excluding carboxylic acids is 1. The first-order valence-electron chi connectivity index (χ1n) is 6.64. The van der Waals surface area contributed by atoms with Gasteiger partial charge in [0.05, 0.1) is 4.92 Å². The molecule has 1 aromatic rings. The van der Waals surface area contributed by atoms with E-state index in [4.69, 9.17) is 5.73 Å². The van der Waals surface area contributed by atoms with Crippen LogP contribution >= 0.6 is 0 Å². The van der Waals surface area contributed by atoms with E-state index < -0.39 is 4.92 Å². The zero-order valence-corrected chi connectivity index (χ0v) is 12.1. The Bertz CT molecular complexity index is 561. The third-order valence-corrected chi connectivity index (χ3v) is 3.51. The van der Waals surface area contributed by atoms with Gasteiger partial charge in [-0.25, -0.2) is 0 Å². The lowest BCUT2D eigenvalue weighted by atomic mass is 10.1. The van der Waals surface area contributed by atoms with Crippen LogP contribution in [0.25, 0.3) is 0 Å². The SMILES string of the molecule is CN(C)C(=O)C1CNCCN1c1ccc([N+](=O)[O-])c(N)c1. The van der Waals surface area contributed by atoms with Crippen molar-refractivity contribution in [2.45, 2.75) is 6.04 Å². The van der Waals surface area contributed by atoms with E-state index in [1.807, 2.05) is 4.90 Å². The number of piperazine rings is 1. The van der Waals surface area contributed by atoms with Gasteiger partial charge >= 0.3 is 0 Å². The highest BCUT2D eigenvalue weighted by Crippen LogP contribution is 2.28. The molecule has 0 spiro atoms. The smallest absolute Gasteiger partial charge is 0.292 e. The largest absolute Gasteiger partial charge is 0.393 e. The number of nitrogens with one attached hydrogen (secondary N) is 1. The summed E-state index contributed by atoms with van der Waals surface area (Å²) in [6, 6.07) is 4.23. The number of nitrogens with two attached hydrogens (primary N) is 1. The van der Waals surface area contributed by atoms with E-state index >= 15 is 0 Å². The van der Waals surface area contributed by atoms with Crippen LogP contribution in [0, 0.1) is 10.1 Å². The number of benzene rings is 1. The lowest BCUT2D eigenvalue weighted by Crippen LogP contribution is -2.57. The highest BCUT2D eigenvalue weighted by atomic mass is 16.6. The molecule has 114 valence electrons. The van der Waals surface area contributed by atoms with Crippen molar-refractivity contribution >= 4 is 23.0 Å². The first-order valence-corrected chi connectivity index (χ1v) is 6.64. The van der Waals surface area contributed by atoms with Crippen molar-refractivity contribution in [3.63, 3.8) is 0 Å². The summed E-state index contributed by atoms with van der Waals surface area (Å²) in [5, 5.41) is 14.0. The molecule has 8 nitrogen and oxygen atoms in total. The molecule has 0 aliphatic carbocycles. The number of hydrogen-bond acceptors (Lipinski definition) is 6. The second-order valence-electron chi connectivity index (χ2n) is 5.15. The normalized spacial score (nSPS) is 18.4. The molecule has 21 heavy (non-hydrogen) atoms. The van der Waals surface area contributed by atoms with Crippen LogP contribution in [0.2, 0.25) is 0 Å².